The summed E-state index contributed by atoms with van der Waals surface area (Å²) in [5, 5.41) is 3.95. The molecule has 0 amide bonds. The fourth-order valence-corrected chi connectivity index (χ4v) is 6.13. The molecule has 2 aromatic rings. The molecule has 0 radical (unpaired) electrons. The highest BCUT2D eigenvalue weighted by Gasteiger charge is 2.43. The van der Waals surface area contributed by atoms with Gasteiger partial charge in [0.25, 0.3) is 0 Å². The number of hydrogen-bond donors (Lipinski definition) is 1. The third-order valence-electron chi connectivity index (χ3n) is 5.53. The van der Waals surface area contributed by atoms with Crippen molar-refractivity contribution in [2.45, 2.75) is 50.1 Å². The predicted octanol–water partition coefficient (Wildman–Crippen LogP) is 2.43. The van der Waals surface area contributed by atoms with E-state index in [2.05, 4.69) is 5.32 Å². The Morgan fingerprint density at radius 3 is 2.85 bits per heavy atom. The van der Waals surface area contributed by atoms with Gasteiger partial charge in [-0.05, 0) is 57.9 Å². The first-order chi connectivity index (χ1) is 12.9. The Bertz CT molecular complexity index is 967. The van der Waals surface area contributed by atoms with Gasteiger partial charge in [0.1, 0.15) is 5.58 Å². The normalized spacial score (nSPS) is 23.5. The molecule has 8 heteroatoms. The van der Waals surface area contributed by atoms with Crippen molar-refractivity contribution in [2.24, 2.45) is 0 Å². The van der Waals surface area contributed by atoms with Gasteiger partial charge in [-0.1, -0.05) is 0 Å². The van der Waals surface area contributed by atoms with Crippen LogP contribution in [0.4, 0.5) is 0 Å². The molecule has 2 aliphatic heterocycles. The van der Waals surface area contributed by atoms with E-state index in [0.717, 1.165) is 25.8 Å². The quantitative estimate of drug-likeness (QED) is 0.804. The lowest BCUT2D eigenvalue weighted by Crippen LogP contribution is -2.42. The van der Waals surface area contributed by atoms with Crippen molar-refractivity contribution in [1.29, 1.82) is 0 Å². The fraction of sp³-hybridized carbons (Fsp3) is 0.526. The molecule has 0 spiro atoms. The maximum Gasteiger partial charge on any atom is 0.374 e. The number of hydrogen-bond acceptors (Lipinski definition) is 6. The lowest BCUT2D eigenvalue weighted by atomic mass is 10.1. The van der Waals surface area contributed by atoms with Crippen LogP contribution in [-0.2, 0) is 14.8 Å². The van der Waals surface area contributed by atoms with Gasteiger partial charge in [-0.2, -0.15) is 4.31 Å². The molecule has 2 saturated heterocycles. The first kappa shape index (κ1) is 18.5. The van der Waals surface area contributed by atoms with Crippen molar-refractivity contribution in [2.75, 3.05) is 19.7 Å². The van der Waals surface area contributed by atoms with Crippen molar-refractivity contribution in [3.8, 4) is 0 Å². The highest BCUT2D eigenvalue weighted by molar-refractivity contribution is 7.89. The standard InChI is InChI=1S/C19H24N2O5S/c1-3-25-19(22)18-12(2)16-10-15(6-7-17(16)26-18)27(23,24)21-13-4-5-14(21)11-20-9-8-13/h6-7,10,13-14,20H,3-5,8-9,11H2,1-2H3. The summed E-state index contributed by atoms with van der Waals surface area (Å²) >= 11 is 0. The van der Waals surface area contributed by atoms with Crippen molar-refractivity contribution < 1.29 is 22.4 Å². The predicted molar refractivity (Wildman–Crippen MR) is 100 cm³/mol. The molecule has 2 aliphatic rings. The average Bonchev–Trinajstić information content (AvgIpc) is 3.10. The van der Waals surface area contributed by atoms with Crippen LogP contribution in [0.15, 0.2) is 27.5 Å². The van der Waals surface area contributed by atoms with E-state index in [1.165, 1.54) is 0 Å². The van der Waals surface area contributed by atoms with Crippen LogP contribution in [0.25, 0.3) is 11.0 Å². The highest BCUT2D eigenvalue weighted by atomic mass is 32.2. The first-order valence-corrected chi connectivity index (χ1v) is 10.8. The lowest BCUT2D eigenvalue weighted by molar-refractivity contribution is 0.0491. The highest BCUT2D eigenvalue weighted by Crippen LogP contribution is 2.35. The van der Waals surface area contributed by atoms with E-state index in [0.29, 0.717) is 23.1 Å². The summed E-state index contributed by atoms with van der Waals surface area (Å²) in [6, 6.07) is 4.85. The Kier molecular flexibility index (Phi) is 4.73. The number of benzene rings is 1. The Hall–Kier alpha value is -1.90. The lowest BCUT2D eigenvalue weighted by Gasteiger charge is -2.26. The van der Waals surface area contributed by atoms with Crippen molar-refractivity contribution in [3.05, 3.63) is 29.5 Å². The zero-order chi connectivity index (χ0) is 19.2. The minimum absolute atomic E-state index is 0.00117. The maximum absolute atomic E-state index is 13.4. The van der Waals surface area contributed by atoms with E-state index in [1.807, 2.05) is 0 Å². The molecule has 0 saturated carbocycles. The summed E-state index contributed by atoms with van der Waals surface area (Å²) in [6.07, 6.45) is 2.62. The Balaban J connectivity index is 1.75. The van der Waals surface area contributed by atoms with Crippen molar-refractivity contribution in [1.82, 2.24) is 9.62 Å². The Morgan fingerprint density at radius 1 is 1.30 bits per heavy atom. The number of carbonyl (C=O) groups is 1. The molecule has 7 nitrogen and oxygen atoms in total. The second kappa shape index (κ2) is 6.92. The number of aryl methyl sites for hydroxylation is 1. The number of carbonyl (C=O) groups excluding carboxylic acids is 1. The van der Waals surface area contributed by atoms with E-state index in [9.17, 15) is 13.2 Å². The number of furan rings is 1. The molecule has 2 atom stereocenters. The molecular formula is C19H24N2O5S. The number of sulfonamides is 1. The van der Waals surface area contributed by atoms with E-state index in [1.54, 1.807) is 36.4 Å². The van der Waals surface area contributed by atoms with Gasteiger partial charge in [-0.25, -0.2) is 13.2 Å². The third kappa shape index (κ3) is 3.05. The van der Waals surface area contributed by atoms with E-state index in [4.69, 9.17) is 9.15 Å². The van der Waals surface area contributed by atoms with Gasteiger partial charge < -0.3 is 14.5 Å². The smallest absolute Gasteiger partial charge is 0.374 e. The van der Waals surface area contributed by atoms with Crippen molar-refractivity contribution in [3.63, 3.8) is 0 Å². The van der Waals surface area contributed by atoms with Crippen LogP contribution in [0.5, 0.6) is 0 Å². The van der Waals surface area contributed by atoms with Gasteiger partial charge in [0, 0.05) is 29.6 Å². The molecule has 1 aromatic heterocycles. The maximum atomic E-state index is 13.4. The summed E-state index contributed by atoms with van der Waals surface area (Å²) in [5.41, 5.74) is 1.08. The first-order valence-electron chi connectivity index (χ1n) is 9.38. The zero-order valence-corrected chi connectivity index (χ0v) is 16.3. The van der Waals surface area contributed by atoms with Gasteiger partial charge in [-0.15, -0.1) is 0 Å². The minimum Gasteiger partial charge on any atom is -0.460 e. The van der Waals surface area contributed by atoms with Gasteiger partial charge in [0.05, 0.1) is 11.5 Å². The number of nitrogens with one attached hydrogen (secondary N) is 1. The monoisotopic (exact) mass is 392 g/mol. The van der Waals surface area contributed by atoms with Gasteiger partial charge in [-0.3, -0.25) is 0 Å². The fourth-order valence-electron chi connectivity index (χ4n) is 4.20. The molecule has 2 fully saturated rings. The second-order valence-corrected chi connectivity index (χ2v) is 8.99. The number of rotatable bonds is 4. The minimum atomic E-state index is -3.62. The van der Waals surface area contributed by atoms with Gasteiger partial charge in [0.2, 0.25) is 15.8 Å². The van der Waals surface area contributed by atoms with E-state index < -0.39 is 16.0 Å². The van der Waals surface area contributed by atoms with E-state index >= 15 is 0 Å². The molecular weight excluding hydrogens is 368 g/mol. The van der Waals surface area contributed by atoms with Crippen LogP contribution >= 0.6 is 0 Å². The number of esters is 1. The molecule has 1 aromatic carbocycles. The molecule has 1 N–H and O–H groups in total. The molecule has 2 unspecified atom stereocenters. The Morgan fingerprint density at radius 2 is 2.07 bits per heavy atom. The summed E-state index contributed by atoms with van der Waals surface area (Å²) < 4.78 is 39.1. The van der Waals surface area contributed by atoms with Crippen LogP contribution in [0, 0.1) is 6.92 Å². The molecule has 27 heavy (non-hydrogen) atoms. The van der Waals surface area contributed by atoms with Gasteiger partial charge >= 0.3 is 5.97 Å². The molecule has 4 rings (SSSR count). The SMILES string of the molecule is CCOC(=O)c1oc2ccc(S(=O)(=O)N3C4CCNCC3CC4)cc2c1C. The van der Waals surface area contributed by atoms with Crippen LogP contribution in [0.2, 0.25) is 0 Å². The third-order valence-corrected chi connectivity index (χ3v) is 7.53. The van der Waals surface area contributed by atoms with E-state index in [-0.39, 0.29) is 29.3 Å². The van der Waals surface area contributed by atoms with Crippen LogP contribution in [0.3, 0.4) is 0 Å². The number of fused-ring (bicyclic) bond motifs is 3. The molecule has 3 heterocycles. The number of ether oxygens (including phenoxy) is 1. The molecule has 0 aliphatic carbocycles. The largest absolute Gasteiger partial charge is 0.460 e. The summed E-state index contributed by atoms with van der Waals surface area (Å²) in [6.45, 7) is 5.26. The number of nitrogens with zero attached hydrogens (tertiary/aromatic N) is 1. The average molecular weight is 392 g/mol. The zero-order valence-electron chi connectivity index (χ0n) is 15.5. The van der Waals surface area contributed by atoms with Crippen LogP contribution < -0.4 is 5.32 Å². The Labute approximate surface area is 158 Å². The molecule has 2 bridgehead atoms. The summed E-state index contributed by atoms with van der Waals surface area (Å²) in [7, 11) is -3.62. The van der Waals surface area contributed by atoms with Crippen LogP contribution in [-0.4, -0.2) is 50.5 Å². The summed E-state index contributed by atoms with van der Waals surface area (Å²) in [4.78, 5) is 12.3. The topological polar surface area (TPSA) is 88.8 Å². The molecule has 146 valence electrons. The van der Waals surface area contributed by atoms with Gasteiger partial charge in [0.15, 0.2) is 0 Å². The second-order valence-electron chi connectivity index (χ2n) is 7.15. The summed E-state index contributed by atoms with van der Waals surface area (Å²) in [5.74, 6) is -0.410. The van der Waals surface area contributed by atoms with Crippen LogP contribution in [0.1, 0.15) is 42.3 Å². The van der Waals surface area contributed by atoms with Crippen molar-refractivity contribution >= 4 is 27.0 Å².